The van der Waals surface area contributed by atoms with Gasteiger partial charge in [0.05, 0.1) is 6.54 Å². The van der Waals surface area contributed by atoms with Crippen LogP contribution in [0.5, 0.6) is 0 Å². The van der Waals surface area contributed by atoms with E-state index in [1.165, 1.54) is 0 Å². The molecule has 2 unspecified atom stereocenters. The Morgan fingerprint density at radius 2 is 2.33 bits per heavy atom. The molecule has 0 aromatic carbocycles. The molecule has 0 spiro atoms. The number of hydrogen-bond acceptors (Lipinski definition) is 4. The number of rotatable bonds is 3. The summed E-state index contributed by atoms with van der Waals surface area (Å²) < 4.78 is 2.11. The van der Waals surface area contributed by atoms with E-state index in [1.807, 2.05) is 0 Å². The maximum absolute atomic E-state index is 6.06. The molecule has 2 heterocycles. The van der Waals surface area contributed by atoms with E-state index in [0.717, 1.165) is 31.9 Å². The molecule has 2 N–H and O–H groups in total. The van der Waals surface area contributed by atoms with Crippen molar-refractivity contribution < 1.29 is 0 Å². The van der Waals surface area contributed by atoms with Crippen LogP contribution >= 0.6 is 0 Å². The van der Waals surface area contributed by atoms with Crippen LogP contribution in [0.25, 0.3) is 0 Å². The molecule has 0 aliphatic carbocycles. The van der Waals surface area contributed by atoms with Crippen LogP contribution in [-0.2, 0) is 13.1 Å². The maximum Gasteiger partial charge on any atom is 0.147 e. The van der Waals surface area contributed by atoms with E-state index in [4.69, 9.17) is 5.73 Å². The summed E-state index contributed by atoms with van der Waals surface area (Å²) in [5.74, 6) is 1.05. The zero-order valence-corrected chi connectivity index (χ0v) is 9.43. The van der Waals surface area contributed by atoms with Crippen molar-refractivity contribution in [1.29, 1.82) is 0 Å². The van der Waals surface area contributed by atoms with Crippen molar-refractivity contribution >= 4 is 0 Å². The summed E-state index contributed by atoms with van der Waals surface area (Å²) in [4.78, 5) is 2.39. The van der Waals surface area contributed by atoms with Crippen molar-refractivity contribution in [3.05, 3.63) is 12.2 Å². The number of aromatic nitrogens is 3. The molecule has 1 aromatic rings. The van der Waals surface area contributed by atoms with Crippen molar-refractivity contribution in [3.63, 3.8) is 0 Å². The van der Waals surface area contributed by atoms with Crippen molar-refractivity contribution in [3.8, 4) is 0 Å². The predicted octanol–water partition coefficient (Wildman–Crippen LogP) is 0.220. The monoisotopic (exact) mass is 209 g/mol. The zero-order chi connectivity index (χ0) is 10.8. The van der Waals surface area contributed by atoms with Crippen LogP contribution in [0.3, 0.4) is 0 Å². The largest absolute Gasteiger partial charge is 0.326 e. The van der Waals surface area contributed by atoms with Gasteiger partial charge in [0.25, 0.3) is 0 Å². The van der Waals surface area contributed by atoms with Crippen LogP contribution in [0.1, 0.15) is 26.1 Å². The smallest absolute Gasteiger partial charge is 0.147 e. The van der Waals surface area contributed by atoms with Crippen molar-refractivity contribution in [1.82, 2.24) is 19.7 Å². The Labute approximate surface area is 90.3 Å². The highest BCUT2D eigenvalue weighted by Gasteiger charge is 2.24. The molecule has 0 bridgehead atoms. The quantitative estimate of drug-likeness (QED) is 0.773. The number of hydrogen-bond donors (Lipinski definition) is 1. The number of nitrogens with two attached hydrogens (primary N) is 1. The molecule has 5 heteroatoms. The minimum atomic E-state index is 0.250. The molecule has 1 aromatic heterocycles. The maximum atomic E-state index is 6.06. The van der Waals surface area contributed by atoms with Crippen molar-refractivity contribution in [2.45, 2.75) is 45.4 Å². The van der Waals surface area contributed by atoms with E-state index in [9.17, 15) is 0 Å². The molecular weight excluding hydrogens is 190 g/mol. The Hall–Kier alpha value is -0.940. The van der Waals surface area contributed by atoms with Gasteiger partial charge in [-0.15, -0.1) is 10.2 Å². The minimum absolute atomic E-state index is 0.250. The van der Waals surface area contributed by atoms with Crippen LogP contribution in [0.15, 0.2) is 6.33 Å². The van der Waals surface area contributed by atoms with Crippen LogP contribution in [0.2, 0.25) is 0 Å². The average molecular weight is 209 g/mol. The molecular formula is C10H19N5. The average Bonchev–Trinajstić information content (AvgIpc) is 2.73. The summed E-state index contributed by atoms with van der Waals surface area (Å²) in [7, 11) is 0. The predicted molar refractivity (Wildman–Crippen MR) is 58.2 cm³/mol. The van der Waals surface area contributed by atoms with Gasteiger partial charge >= 0.3 is 0 Å². The van der Waals surface area contributed by atoms with Gasteiger partial charge in [-0.05, 0) is 13.3 Å². The molecule has 0 radical (unpaired) electrons. The van der Waals surface area contributed by atoms with Crippen molar-refractivity contribution in [2.75, 3.05) is 6.54 Å². The Bertz CT molecular complexity index is 321. The Kier molecular flexibility index (Phi) is 3.02. The van der Waals surface area contributed by atoms with Gasteiger partial charge in [0.15, 0.2) is 0 Å². The van der Waals surface area contributed by atoms with Gasteiger partial charge in [0.1, 0.15) is 12.2 Å². The van der Waals surface area contributed by atoms with Gasteiger partial charge in [0.2, 0.25) is 0 Å². The third-order valence-corrected chi connectivity index (χ3v) is 3.34. The van der Waals surface area contributed by atoms with E-state index >= 15 is 0 Å². The summed E-state index contributed by atoms with van der Waals surface area (Å²) in [6, 6.07) is 0.667. The van der Waals surface area contributed by atoms with Gasteiger partial charge in [-0.3, -0.25) is 4.90 Å². The Balaban J connectivity index is 2.03. The Morgan fingerprint density at radius 1 is 1.53 bits per heavy atom. The van der Waals surface area contributed by atoms with Crippen LogP contribution in [0.4, 0.5) is 0 Å². The molecule has 2 rings (SSSR count). The second-order valence-electron chi connectivity index (χ2n) is 4.22. The first kappa shape index (κ1) is 10.6. The number of fused-ring (bicyclic) bond motifs is 1. The lowest BCUT2D eigenvalue weighted by Crippen LogP contribution is -2.48. The summed E-state index contributed by atoms with van der Waals surface area (Å²) in [5.41, 5.74) is 6.06. The molecule has 1 aliphatic heterocycles. The minimum Gasteiger partial charge on any atom is -0.326 e. The lowest BCUT2D eigenvalue weighted by molar-refractivity contribution is 0.141. The normalized spacial score (nSPS) is 21.0. The van der Waals surface area contributed by atoms with Gasteiger partial charge in [-0.1, -0.05) is 6.92 Å². The third kappa shape index (κ3) is 2.03. The van der Waals surface area contributed by atoms with E-state index in [1.54, 1.807) is 6.33 Å². The summed E-state index contributed by atoms with van der Waals surface area (Å²) in [6.07, 6.45) is 2.82. The topological polar surface area (TPSA) is 60.0 Å². The zero-order valence-electron chi connectivity index (χ0n) is 9.43. The molecule has 0 fully saturated rings. The SMILES string of the molecule is CCC(N)C(C)N1CCn2cnnc2C1. The highest BCUT2D eigenvalue weighted by molar-refractivity contribution is 4.92. The van der Waals surface area contributed by atoms with E-state index in [0.29, 0.717) is 6.04 Å². The second-order valence-corrected chi connectivity index (χ2v) is 4.22. The fourth-order valence-corrected chi connectivity index (χ4v) is 2.04. The lowest BCUT2D eigenvalue weighted by atomic mass is 10.1. The third-order valence-electron chi connectivity index (χ3n) is 3.34. The number of nitrogens with zero attached hydrogens (tertiary/aromatic N) is 4. The first-order chi connectivity index (χ1) is 7.22. The second kappa shape index (κ2) is 4.28. The van der Waals surface area contributed by atoms with Crippen LogP contribution in [0, 0.1) is 0 Å². The van der Waals surface area contributed by atoms with Crippen LogP contribution < -0.4 is 5.73 Å². The van der Waals surface area contributed by atoms with E-state index in [2.05, 4.69) is 33.5 Å². The first-order valence-corrected chi connectivity index (χ1v) is 5.58. The standard InChI is InChI=1S/C10H19N5/c1-3-9(11)8(2)14-4-5-15-7-12-13-10(15)6-14/h7-9H,3-6,11H2,1-2H3. The summed E-state index contributed by atoms with van der Waals surface area (Å²) in [6.45, 7) is 7.21. The molecule has 5 nitrogen and oxygen atoms in total. The van der Waals surface area contributed by atoms with Gasteiger partial charge < -0.3 is 10.3 Å². The first-order valence-electron chi connectivity index (χ1n) is 5.58. The lowest BCUT2D eigenvalue weighted by Gasteiger charge is -2.35. The van der Waals surface area contributed by atoms with Crippen molar-refractivity contribution in [2.24, 2.45) is 5.73 Å². The highest BCUT2D eigenvalue weighted by atomic mass is 15.3. The Morgan fingerprint density at radius 3 is 3.07 bits per heavy atom. The van der Waals surface area contributed by atoms with Gasteiger partial charge in [0, 0.05) is 25.2 Å². The summed E-state index contributed by atoms with van der Waals surface area (Å²) in [5, 5.41) is 8.02. The van der Waals surface area contributed by atoms with Gasteiger partial charge in [-0.25, -0.2) is 0 Å². The molecule has 0 amide bonds. The van der Waals surface area contributed by atoms with Gasteiger partial charge in [-0.2, -0.15) is 0 Å². The van der Waals surface area contributed by atoms with E-state index in [-0.39, 0.29) is 6.04 Å². The molecule has 0 saturated heterocycles. The molecule has 2 atom stereocenters. The molecule has 1 aliphatic rings. The van der Waals surface area contributed by atoms with E-state index < -0.39 is 0 Å². The highest BCUT2D eigenvalue weighted by Crippen LogP contribution is 2.14. The van der Waals surface area contributed by atoms with Crippen LogP contribution in [-0.4, -0.2) is 38.3 Å². The summed E-state index contributed by atoms with van der Waals surface area (Å²) >= 11 is 0. The fraction of sp³-hybridized carbons (Fsp3) is 0.800. The molecule has 84 valence electrons. The molecule has 15 heavy (non-hydrogen) atoms. The fourth-order valence-electron chi connectivity index (χ4n) is 2.04. The molecule has 0 saturated carbocycles.